The first-order valence-corrected chi connectivity index (χ1v) is 7.92. The van der Waals surface area contributed by atoms with E-state index < -0.39 is 0 Å². The molecule has 23 heavy (non-hydrogen) atoms. The van der Waals surface area contributed by atoms with Gasteiger partial charge in [-0.25, -0.2) is 0 Å². The molecule has 0 aliphatic carbocycles. The summed E-state index contributed by atoms with van der Waals surface area (Å²) in [5.41, 5.74) is 2.52. The van der Waals surface area contributed by atoms with Crippen LogP contribution in [0.2, 0.25) is 0 Å². The van der Waals surface area contributed by atoms with Crippen molar-refractivity contribution >= 4 is 16.8 Å². The van der Waals surface area contributed by atoms with Crippen LogP contribution in [0.15, 0.2) is 66.7 Å². The first kappa shape index (κ1) is 13.9. The highest BCUT2D eigenvalue weighted by molar-refractivity contribution is 5.84. The number of aryl methyl sites for hydroxylation is 1. The number of hydrogen-bond acceptors (Lipinski definition) is 2. The Morgan fingerprint density at radius 3 is 2.65 bits per heavy atom. The summed E-state index contributed by atoms with van der Waals surface area (Å²) in [6, 6.07) is 21.2. The zero-order chi connectivity index (χ0) is 15.5. The Morgan fingerprint density at radius 1 is 0.826 bits per heavy atom. The van der Waals surface area contributed by atoms with Gasteiger partial charge in [0.15, 0.2) is 11.5 Å². The Hall–Kier alpha value is -2.74. The van der Waals surface area contributed by atoms with Crippen LogP contribution in [0.5, 0.6) is 11.5 Å². The van der Waals surface area contributed by atoms with Crippen molar-refractivity contribution in [1.29, 1.82) is 0 Å². The molecule has 0 radical (unpaired) electrons. The maximum absolute atomic E-state index is 5.42. The van der Waals surface area contributed by atoms with Crippen LogP contribution < -0.4 is 9.47 Å². The van der Waals surface area contributed by atoms with Crippen molar-refractivity contribution in [2.45, 2.75) is 12.8 Å². The molecule has 0 unspecified atom stereocenters. The lowest BCUT2D eigenvalue weighted by atomic mass is 10.1. The molecule has 0 atom stereocenters. The van der Waals surface area contributed by atoms with E-state index in [1.165, 1.54) is 21.9 Å². The molecule has 1 aliphatic rings. The van der Waals surface area contributed by atoms with E-state index in [0.29, 0.717) is 6.79 Å². The molecule has 3 aromatic rings. The maximum atomic E-state index is 5.42. The van der Waals surface area contributed by atoms with Gasteiger partial charge in [0.1, 0.15) is 0 Å². The van der Waals surface area contributed by atoms with E-state index in [0.717, 1.165) is 24.3 Å². The van der Waals surface area contributed by atoms with Gasteiger partial charge in [0.25, 0.3) is 0 Å². The molecular weight excluding hydrogens is 284 g/mol. The fourth-order valence-corrected chi connectivity index (χ4v) is 2.88. The van der Waals surface area contributed by atoms with Crippen LogP contribution >= 0.6 is 0 Å². The predicted molar refractivity (Wildman–Crippen MR) is 93.9 cm³/mol. The van der Waals surface area contributed by atoms with Gasteiger partial charge in [-0.3, -0.25) is 0 Å². The van der Waals surface area contributed by atoms with Crippen LogP contribution in [0.25, 0.3) is 16.8 Å². The van der Waals surface area contributed by atoms with Gasteiger partial charge in [-0.05, 0) is 52.9 Å². The first-order chi connectivity index (χ1) is 11.4. The smallest absolute Gasteiger partial charge is 0.231 e. The van der Waals surface area contributed by atoms with E-state index in [4.69, 9.17) is 9.47 Å². The van der Waals surface area contributed by atoms with E-state index in [2.05, 4.69) is 66.7 Å². The third-order valence-corrected chi connectivity index (χ3v) is 4.12. The van der Waals surface area contributed by atoms with Gasteiger partial charge in [-0.15, -0.1) is 0 Å². The zero-order valence-corrected chi connectivity index (χ0v) is 12.9. The third-order valence-electron chi connectivity index (χ3n) is 4.12. The number of hydrogen-bond donors (Lipinski definition) is 0. The number of ether oxygens (including phenoxy) is 2. The highest BCUT2D eigenvalue weighted by atomic mass is 16.7. The lowest BCUT2D eigenvalue weighted by Gasteiger charge is -2.01. The summed E-state index contributed by atoms with van der Waals surface area (Å²) >= 11 is 0. The average molecular weight is 302 g/mol. The zero-order valence-electron chi connectivity index (χ0n) is 12.9. The molecule has 1 aliphatic heterocycles. The second-order valence-corrected chi connectivity index (χ2v) is 5.74. The van der Waals surface area contributed by atoms with Crippen molar-refractivity contribution in [3.05, 3.63) is 77.9 Å². The molecule has 4 rings (SSSR count). The number of fused-ring (bicyclic) bond motifs is 2. The molecule has 0 fully saturated rings. The number of allylic oxidation sites excluding steroid dienone is 1. The van der Waals surface area contributed by atoms with Gasteiger partial charge in [-0.2, -0.15) is 0 Å². The molecule has 3 aromatic carbocycles. The predicted octanol–water partition coefficient (Wildman–Crippen LogP) is 5.21. The molecular formula is C21H18O2. The summed E-state index contributed by atoms with van der Waals surface area (Å²) in [5.74, 6) is 1.71. The van der Waals surface area contributed by atoms with Gasteiger partial charge < -0.3 is 9.47 Å². The summed E-state index contributed by atoms with van der Waals surface area (Å²) in [4.78, 5) is 0. The van der Waals surface area contributed by atoms with E-state index >= 15 is 0 Å². The summed E-state index contributed by atoms with van der Waals surface area (Å²) in [6.45, 7) is 0.334. The minimum absolute atomic E-state index is 0.334. The first-order valence-electron chi connectivity index (χ1n) is 7.92. The van der Waals surface area contributed by atoms with E-state index in [1.807, 2.05) is 6.07 Å². The van der Waals surface area contributed by atoms with Crippen LogP contribution in [0.3, 0.4) is 0 Å². The minimum Gasteiger partial charge on any atom is -0.454 e. The molecule has 1 heterocycles. The van der Waals surface area contributed by atoms with Gasteiger partial charge in [0.05, 0.1) is 0 Å². The Bertz CT molecular complexity index is 865. The van der Waals surface area contributed by atoms with Crippen LogP contribution in [0, 0.1) is 0 Å². The fraction of sp³-hybridized carbons (Fsp3) is 0.143. The maximum Gasteiger partial charge on any atom is 0.231 e. The van der Waals surface area contributed by atoms with E-state index in [9.17, 15) is 0 Å². The molecule has 114 valence electrons. The molecule has 0 amide bonds. The van der Waals surface area contributed by atoms with E-state index in [1.54, 1.807) is 0 Å². The number of rotatable bonds is 4. The monoisotopic (exact) mass is 302 g/mol. The Labute approximate surface area is 136 Å². The summed E-state index contributed by atoms with van der Waals surface area (Å²) < 4.78 is 10.8. The molecule has 0 spiro atoms. The Balaban J connectivity index is 1.40. The highest BCUT2D eigenvalue weighted by Gasteiger charge is 2.12. The lowest BCUT2D eigenvalue weighted by Crippen LogP contribution is -1.92. The van der Waals surface area contributed by atoms with Crippen molar-refractivity contribution in [2.75, 3.05) is 6.79 Å². The summed E-state index contributed by atoms with van der Waals surface area (Å²) in [5, 5.41) is 2.57. The van der Waals surface area contributed by atoms with Crippen molar-refractivity contribution in [3.8, 4) is 11.5 Å². The fourth-order valence-electron chi connectivity index (χ4n) is 2.88. The largest absolute Gasteiger partial charge is 0.454 e. The van der Waals surface area contributed by atoms with Gasteiger partial charge in [-0.1, -0.05) is 54.6 Å². The van der Waals surface area contributed by atoms with Gasteiger partial charge >= 0.3 is 0 Å². The summed E-state index contributed by atoms with van der Waals surface area (Å²) in [7, 11) is 0. The van der Waals surface area contributed by atoms with Gasteiger partial charge in [0, 0.05) is 0 Å². The highest BCUT2D eigenvalue weighted by Crippen LogP contribution is 2.32. The van der Waals surface area contributed by atoms with Crippen LogP contribution in [0.4, 0.5) is 0 Å². The number of benzene rings is 3. The van der Waals surface area contributed by atoms with Crippen molar-refractivity contribution in [2.24, 2.45) is 0 Å². The SMILES string of the molecule is C(=C\c1ccc2ccccc2c1)/CCc1ccc2c(c1)OCO2. The summed E-state index contributed by atoms with van der Waals surface area (Å²) in [6.07, 6.45) is 6.43. The van der Waals surface area contributed by atoms with Crippen LogP contribution in [-0.4, -0.2) is 6.79 Å². The van der Waals surface area contributed by atoms with Gasteiger partial charge in [0.2, 0.25) is 6.79 Å². The quantitative estimate of drug-likeness (QED) is 0.658. The average Bonchev–Trinajstić information content (AvgIpc) is 3.06. The molecule has 0 bridgehead atoms. The molecule has 2 nitrogen and oxygen atoms in total. The standard InChI is InChI=1S/C21H18O2/c1(2-6-17-10-12-20-21(14-17)23-15-22-20)5-16-9-11-18-7-3-4-8-19(18)13-16/h1,3-5,7-14H,2,6,15H2/b5-1+. The molecule has 0 saturated carbocycles. The van der Waals surface area contributed by atoms with Crippen LogP contribution in [-0.2, 0) is 6.42 Å². The van der Waals surface area contributed by atoms with Crippen molar-refractivity contribution < 1.29 is 9.47 Å². The molecule has 0 saturated heterocycles. The second-order valence-electron chi connectivity index (χ2n) is 5.74. The molecule has 0 N–H and O–H groups in total. The minimum atomic E-state index is 0.334. The van der Waals surface area contributed by atoms with Crippen molar-refractivity contribution in [3.63, 3.8) is 0 Å². The molecule has 2 heteroatoms. The Kier molecular flexibility index (Phi) is 3.73. The third kappa shape index (κ3) is 3.07. The van der Waals surface area contributed by atoms with E-state index in [-0.39, 0.29) is 0 Å². The van der Waals surface area contributed by atoms with Crippen LogP contribution in [0.1, 0.15) is 17.5 Å². The normalized spacial score (nSPS) is 13.0. The lowest BCUT2D eigenvalue weighted by molar-refractivity contribution is 0.174. The second kappa shape index (κ2) is 6.17. The van der Waals surface area contributed by atoms with Crippen molar-refractivity contribution in [1.82, 2.24) is 0 Å². The Morgan fingerprint density at radius 2 is 1.70 bits per heavy atom. The topological polar surface area (TPSA) is 18.5 Å². The molecule has 0 aromatic heterocycles.